The molecule has 3 heteroatoms. The number of rotatable bonds is 6. The first kappa shape index (κ1) is 14.9. The minimum absolute atomic E-state index is 0.0975. The van der Waals surface area contributed by atoms with Crippen molar-refractivity contribution < 1.29 is 9.84 Å². The van der Waals surface area contributed by atoms with Crippen LogP contribution in [-0.2, 0) is 4.74 Å². The minimum Gasteiger partial charge on any atom is -0.393 e. The molecule has 102 valence electrons. The molecule has 0 aliphatic heterocycles. The SMILES string of the molecule is CC1CCC(O)C(CN(C)CCOC(C)C)C1. The van der Waals surface area contributed by atoms with Crippen molar-refractivity contribution in [1.29, 1.82) is 0 Å². The lowest BCUT2D eigenvalue weighted by molar-refractivity contribution is 0.0222. The summed E-state index contributed by atoms with van der Waals surface area (Å²) in [4.78, 5) is 2.29. The number of likely N-dealkylation sites (N-methyl/N-ethyl adjacent to an activating group) is 1. The first-order valence-electron chi connectivity index (χ1n) is 6.97. The van der Waals surface area contributed by atoms with Gasteiger partial charge in [0.1, 0.15) is 0 Å². The zero-order valence-corrected chi connectivity index (χ0v) is 11.9. The Labute approximate surface area is 106 Å². The van der Waals surface area contributed by atoms with Gasteiger partial charge in [-0.2, -0.15) is 0 Å². The Morgan fingerprint density at radius 1 is 1.35 bits per heavy atom. The number of aliphatic hydroxyl groups is 1. The second-order valence-electron chi connectivity index (χ2n) is 5.93. The molecule has 1 aliphatic carbocycles. The summed E-state index contributed by atoms with van der Waals surface area (Å²) < 4.78 is 5.55. The van der Waals surface area contributed by atoms with Crippen LogP contribution in [0.2, 0.25) is 0 Å². The minimum atomic E-state index is -0.0975. The predicted octanol–water partition coefficient (Wildman–Crippen LogP) is 2.14. The Hall–Kier alpha value is -0.120. The third kappa shape index (κ3) is 5.84. The summed E-state index contributed by atoms with van der Waals surface area (Å²) >= 11 is 0. The summed E-state index contributed by atoms with van der Waals surface area (Å²) in [5, 5.41) is 9.99. The van der Waals surface area contributed by atoms with Crippen molar-refractivity contribution in [2.45, 2.75) is 52.2 Å². The highest BCUT2D eigenvalue weighted by Gasteiger charge is 2.27. The van der Waals surface area contributed by atoms with E-state index in [4.69, 9.17) is 4.74 Å². The number of hydrogen-bond donors (Lipinski definition) is 1. The van der Waals surface area contributed by atoms with Gasteiger partial charge in [-0.3, -0.25) is 0 Å². The first-order chi connectivity index (χ1) is 7.99. The van der Waals surface area contributed by atoms with E-state index in [0.717, 1.165) is 38.5 Å². The van der Waals surface area contributed by atoms with Gasteiger partial charge in [0.25, 0.3) is 0 Å². The summed E-state index contributed by atoms with van der Waals surface area (Å²) in [6, 6.07) is 0. The molecule has 0 bridgehead atoms. The quantitative estimate of drug-likeness (QED) is 0.776. The number of nitrogens with zero attached hydrogens (tertiary/aromatic N) is 1. The van der Waals surface area contributed by atoms with Crippen molar-refractivity contribution in [3.63, 3.8) is 0 Å². The van der Waals surface area contributed by atoms with Crippen LogP contribution in [0.25, 0.3) is 0 Å². The van der Waals surface area contributed by atoms with Gasteiger partial charge in [0.05, 0.1) is 18.8 Å². The van der Waals surface area contributed by atoms with E-state index in [-0.39, 0.29) is 6.10 Å². The maximum Gasteiger partial charge on any atom is 0.0596 e. The first-order valence-corrected chi connectivity index (χ1v) is 6.97. The Morgan fingerprint density at radius 3 is 2.71 bits per heavy atom. The molecule has 17 heavy (non-hydrogen) atoms. The van der Waals surface area contributed by atoms with Gasteiger partial charge in [-0.05, 0) is 52.0 Å². The van der Waals surface area contributed by atoms with Gasteiger partial charge < -0.3 is 14.7 Å². The monoisotopic (exact) mass is 243 g/mol. The van der Waals surface area contributed by atoms with Crippen LogP contribution < -0.4 is 0 Å². The molecular formula is C14H29NO2. The lowest BCUT2D eigenvalue weighted by Gasteiger charge is -2.34. The van der Waals surface area contributed by atoms with Gasteiger partial charge in [-0.15, -0.1) is 0 Å². The van der Waals surface area contributed by atoms with Gasteiger partial charge >= 0.3 is 0 Å². The lowest BCUT2D eigenvalue weighted by atomic mass is 9.80. The fraction of sp³-hybridized carbons (Fsp3) is 1.00. The van der Waals surface area contributed by atoms with Crippen LogP contribution in [0.5, 0.6) is 0 Å². The largest absolute Gasteiger partial charge is 0.393 e. The van der Waals surface area contributed by atoms with Gasteiger partial charge in [0.2, 0.25) is 0 Å². The van der Waals surface area contributed by atoms with E-state index in [1.165, 1.54) is 6.42 Å². The van der Waals surface area contributed by atoms with E-state index in [2.05, 4.69) is 32.7 Å². The van der Waals surface area contributed by atoms with Crippen LogP contribution in [0.1, 0.15) is 40.0 Å². The van der Waals surface area contributed by atoms with Gasteiger partial charge in [0, 0.05) is 13.1 Å². The molecular weight excluding hydrogens is 214 g/mol. The van der Waals surface area contributed by atoms with Gasteiger partial charge in [0.15, 0.2) is 0 Å². The van der Waals surface area contributed by atoms with E-state index < -0.39 is 0 Å². The molecule has 0 heterocycles. The van der Waals surface area contributed by atoms with Crippen LogP contribution in [0, 0.1) is 11.8 Å². The third-order valence-electron chi connectivity index (χ3n) is 3.67. The standard InChI is InChI=1S/C14H29NO2/c1-11(2)17-8-7-15(4)10-13-9-12(3)5-6-14(13)16/h11-14,16H,5-10H2,1-4H3. The Kier molecular flexibility index (Phi) is 6.45. The maximum atomic E-state index is 9.99. The summed E-state index contributed by atoms with van der Waals surface area (Å²) in [5.41, 5.74) is 0. The highest BCUT2D eigenvalue weighted by Crippen LogP contribution is 2.29. The van der Waals surface area contributed by atoms with E-state index in [1.54, 1.807) is 0 Å². The fourth-order valence-electron chi connectivity index (χ4n) is 2.61. The molecule has 1 saturated carbocycles. The van der Waals surface area contributed by atoms with Crippen molar-refractivity contribution in [3.8, 4) is 0 Å². The molecule has 3 atom stereocenters. The van der Waals surface area contributed by atoms with Crippen molar-refractivity contribution in [3.05, 3.63) is 0 Å². The molecule has 3 unspecified atom stereocenters. The van der Waals surface area contributed by atoms with Gasteiger partial charge in [-0.1, -0.05) is 6.92 Å². The average molecular weight is 243 g/mol. The van der Waals surface area contributed by atoms with Crippen LogP contribution in [0.3, 0.4) is 0 Å². The molecule has 0 aromatic rings. The maximum absolute atomic E-state index is 9.99. The van der Waals surface area contributed by atoms with E-state index in [0.29, 0.717) is 12.0 Å². The summed E-state index contributed by atoms with van der Waals surface area (Å²) in [7, 11) is 2.12. The van der Waals surface area contributed by atoms with E-state index in [1.807, 2.05) is 0 Å². The van der Waals surface area contributed by atoms with E-state index >= 15 is 0 Å². The van der Waals surface area contributed by atoms with Crippen molar-refractivity contribution in [2.24, 2.45) is 11.8 Å². The van der Waals surface area contributed by atoms with Crippen LogP contribution >= 0.6 is 0 Å². The molecule has 3 nitrogen and oxygen atoms in total. The molecule has 0 amide bonds. The second kappa shape index (κ2) is 7.34. The highest BCUT2D eigenvalue weighted by atomic mass is 16.5. The molecule has 1 fully saturated rings. The molecule has 1 rings (SSSR count). The highest BCUT2D eigenvalue weighted by molar-refractivity contribution is 4.79. The fourth-order valence-corrected chi connectivity index (χ4v) is 2.61. The summed E-state index contributed by atoms with van der Waals surface area (Å²) in [6.07, 6.45) is 3.53. The van der Waals surface area contributed by atoms with Crippen molar-refractivity contribution >= 4 is 0 Å². The van der Waals surface area contributed by atoms with E-state index in [9.17, 15) is 5.11 Å². The van der Waals surface area contributed by atoms with Crippen LogP contribution in [0.15, 0.2) is 0 Å². The Bertz CT molecular complexity index is 208. The van der Waals surface area contributed by atoms with Crippen LogP contribution in [-0.4, -0.2) is 49.0 Å². The van der Waals surface area contributed by atoms with Gasteiger partial charge in [-0.25, -0.2) is 0 Å². The molecule has 0 saturated heterocycles. The molecule has 1 aliphatic rings. The average Bonchev–Trinajstić information content (AvgIpc) is 2.23. The summed E-state index contributed by atoms with van der Waals surface area (Å²) in [5.74, 6) is 1.21. The third-order valence-corrected chi connectivity index (χ3v) is 3.67. The number of ether oxygens (including phenoxy) is 1. The molecule has 0 radical (unpaired) electrons. The van der Waals surface area contributed by atoms with Crippen molar-refractivity contribution in [2.75, 3.05) is 26.7 Å². The molecule has 0 spiro atoms. The number of aliphatic hydroxyl groups excluding tert-OH is 1. The Morgan fingerprint density at radius 2 is 2.06 bits per heavy atom. The zero-order valence-electron chi connectivity index (χ0n) is 11.9. The lowest BCUT2D eigenvalue weighted by Crippen LogP contribution is -2.38. The molecule has 0 aromatic carbocycles. The Balaban J connectivity index is 2.22. The molecule has 0 aromatic heterocycles. The smallest absolute Gasteiger partial charge is 0.0596 e. The second-order valence-corrected chi connectivity index (χ2v) is 5.93. The molecule has 1 N–H and O–H groups in total. The topological polar surface area (TPSA) is 32.7 Å². The number of hydrogen-bond acceptors (Lipinski definition) is 3. The normalized spacial score (nSPS) is 30.2. The van der Waals surface area contributed by atoms with Crippen LogP contribution in [0.4, 0.5) is 0 Å². The van der Waals surface area contributed by atoms with Crippen molar-refractivity contribution in [1.82, 2.24) is 4.90 Å². The summed E-state index contributed by atoms with van der Waals surface area (Å²) in [6.45, 7) is 9.15. The predicted molar refractivity (Wildman–Crippen MR) is 71.1 cm³/mol. The zero-order chi connectivity index (χ0) is 12.8.